The van der Waals surface area contributed by atoms with Crippen LogP contribution in [0.3, 0.4) is 0 Å². The SMILES string of the molecule is CCOC(CNCC1CCCOC1)OCC. The lowest BCUT2D eigenvalue weighted by Crippen LogP contribution is -2.36. The summed E-state index contributed by atoms with van der Waals surface area (Å²) in [5.41, 5.74) is 0. The van der Waals surface area contributed by atoms with Crippen LogP contribution in [0.4, 0.5) is 0 Å². The Labute approximate surface area is 98.6 Å². The van der Waals surface area contributed by atoms with E-state index in [-0.39, 0.29) is 6.29 Å². The summed E-state index contributed by atoms with van der Waals surface area (Å²) in [6.07, 6.45) is 2.34. The van der Waals surface area contributed by atoms with Gasteiger partial charge >= 0.3 is 0 Å². The first-order chi connectivity index (χ1) is 7.86. The summed E-state index contributed by atoms with van der Waals surface area (Å²) in [5, 5.41) is 3.39. The van der Waals surface area contributed by atoms with Crippen molar-refractivity contribution in [2.75, 3.05) is 39.5 Å². The maximum atomic E-state index is 5.46. The van der Waals surface area contributed by atoms with Crippen molar-refractivity contribution in [2.24, 2.45) is 5.92 Å². The third-order valence-corrected chi connectivity index (χ3v) is 2.70. The maximum absolute atomic E-state index is 5.46. The molecule has 4 nitrogen and oxygen atoms in total. The Bertz CT molecular complexity index is 154. The molecular weight excluding hydrogens is 206 g/mol. The summed E-state index contributed by atoms with van der Waals surface area (Å²) in [6.45, 7) is 8.94. The molecule has 0 spiro atoms. The molecule has 1 atom stereocenters. The van der Waals surface area contributed by atoms with Crippen LogP contribution >= 0.6 is 0 Å². The van der Waals surface area contributed by atoms with Crippen LogP contribution in [-0.4, -0.2) is 45.8 Å². The van der Waals surface area contributed by atoms with Gasteiger partial charge in [-0.2, -0.15) is 0 Å². The quantitative estimate of drug-likeness (QED) is 0.641. The molecule has 0 aliphatic carbocycles. The van der Waals surface area contributed by atoms with E-state index in [1.807, 2.05) is 13.8 Å². The van der Waals surface area contributed by atoms with Crippen LogP contribution in [0.5, 0.6) is 0 Å². The van der Waals surface area contributed by atoms with Gasteiger partial charge in [0.15, 0.2) is 6.29 Å². The molecule has 0 aromatic rings. The molecule has 1 saturated heterocycles. The minimum absolute atomic E-state index is 0.112. The van der Waals surface area contributed by atoms with Gasteiger partial charge < -0.3 is 19.5 Å². The van der Waals surface area contributed by atoms with Gasteiger partial charge in [-0.15, -0.1) is 0 Å². The summed E-state index contributed by atoms with van der Waals surface area (Å²) in [6, 6.07) is 0. The average Bonchev–Trinajstić information content (AvgIpc) is 2.31. The van der Waals surface area contributed by atoms with Crippen LogP contribution in [-0.2, 0) is 14.2 Å². The third kappa shape index (κ3) is 5.80. The Morgan fingerprint density at radius 2 is 2.06 bits per heavy atom. The predicted octanol–water partition coefficient (Wildman–Crippen LogP) is 1.40. The predicted molar refractivity (Wildman–Crippen MR) is 63.5 cm³/mol. The van der Waals surface area contributed by atoms with Crippen molar-refractivity contribution >= 4 is 0 Å². The fraction of sp³-hybridized carbons (Fsp3) is 1.00. The molecule has 1 fully saturated rings. The molecule has 0 amide bonds. The first kappa shape index (κ1) is 13.9. The second-order valence-corrected chi connectivity index (χ2v) is 4.08. The van der Waals surface area contributed by atoms with E-state index < -0.39 is 0 Å². The topological polar surface area (TPSA) is 39.7 Å². The lowest BCUT2D eigenvalue weighted by Gasteiger charge is -2.24. The lowest BCUT2D eigenvalue weighted by molar-refractivity contribution is -0.133. The van der Waals surface area contributed by atoms with Crippen LogP contribution in [0.1, 0.15) is 26.7 Å². The molecule has 1 N–H and O–H groups in total. The van der Waals surface area contributed by atoms with E-state index in [1.54, 1.807) is 0 Å². The number of nitrogens with one attached hydrogen (secondary N) is 1. The van der Waals surface area contributed by atoms with E-state index in [0.29, 0.717) is 19.1 Å². The molecule has 16 heavy (non-hydrogen) atoms. The molecule has 1 aliphatic heterocycles. The van der Waals surface area contributed by atoms with E-state index in [1.165, 1.54) is 12.8 Å². The van der Waals surface area contributed by atoms with Crippen molar-refractivity contribution in [3.63, 3.8) is 0 Å². The van der Waals surface area contributed by atoms with Gasteiger partial charge in [-0.25, -0.2) is 0 Å². The Balaban J connectivity index is 2.06. The second-order valence-electron chi connectivity index (χ2n) is 4.08. The van der Waals surface area contributed by atoms with Gasteiger partial charge in [-0.1, -0.05) is 0 Å². The van der Waals surface area contributed by atoms with Crippen LogP contribution < -0.4 is 5.32 Å². The number of hydrogen-bond donors (Lipinski definition) is 1. The van der Waals surface area contributed by atoms with Crippen LogP contribution in [0, 0.1) is 5.92 Å². The zero-order valence-electron chi connectivity index (χ0n) is 10.5. The van der Waals surface area contributed by atoms with E-state index in [4.69, 9.17) is 14.2 Å². The summed E-state index contributed by atoms with van der Waals surface area (Å²) < 4.78 is 16.3. The zero-order valence-corrected chi connectivity index (χ0v) is 10.5. The highest BCUT2D eigenvalue weighted by Gasteiger charge is 2.14. The van der Waals surface area contributed by atoms with Gasteiger partial charge in [0.25, 0.3) is 0 Å². The molecule has 1 aliphatic rings. The molecule has 4 heteroatoms. The summed E-state index contributed by atoms with van der Waals surface area (Å²) in [4.78, 5) is 0. The smallest absolute Gasteiger partial charge is 0.169 e. The fourth-order valence-electron chi connectivity index (χ4n) is 1.91. The van der Waals surface area contributed by atoms with E-state index in [2.05, 4.69) is 5.32 Å². The number of rotatable bonds is 8. The summed E-state index contributed by atoms with van der Waals surface area (Å²) in [5.74, 6) is 0.651. The Hall–Kier alpha value is -0.160. The minimum atomic E-state index is -0.112. The first-order valence-corrected chi connectivity index (χ1v) is 6.38. The molecule has 1 unspecified atom stereocenters. The monoisotopic (exact) mass is 231 g/mol. The summed E-state index contributed by atoms with van der Waals surface area (Å²) >= 11 is 0. The van der Waals surface area contributed by atoms with Gasteiger partial charge in [-0.05, 0) is 32.6 Å². The largest absolute Gasteiger partial charge is 0.381 e. The van der Waals surface area contributed by atoms with Crippen molar-refractivity contribution in [3.8, 4) is 0 Å². The van der Waals surface area contributed by atoms with Crippen LogP contribution in [0.15, 0.2) is 0 Å². The van der Waals surface area contributed by atoms with Crippen LogP contribution in [0.2, 0.25) is 0 Å². The van der Waals surface area contributed by atoms with Crippen molar-refractivity contribution < 1.29 is 14.2 Å². The van der Waals surface area contributed by atoms with Crippen molar-refractivity contribution in [3.05, 3.63) is 0 Å². The van der Waals surface area contributed by atoms with Crippen molar-refractivity contribution in [2.45, 2.75) is 33.0 Å². The zero-order chi connectivity index (χ0) is 11.6. The van der Waals surface area contributed by atoms with Gasteiger partial charge in [0.05, 0.1) is 6.61 Å². The highest BCUT2D eigenvalue weighted by atomic mass is 16.7. The number of hydrogen-bond acceptors (Lipinski definition) is 4. The molecule has 1 rings (SSSR count). The van der Waals surface area contributed by atoms with E-state index in [0.717, 1.165) is 26.3 Å². The molecule has 0 bridgehead atoms. The maximum Gasteiger partial charge on any atom is 0.169 e. The summed E-state index contributed by atoms with van der Waals surface area (Å²) in [7, 11) is 0. The molecule has 0 aromatic heterocycles. The molecule has 0 aromatic carbocycles. The van der Waals surface area contributed by atoms with Crippen LogP contribution in [0.25, 0.3) is 0 Å². The standard InChI is InChI=1S/C12H25NO3/c1-3-15-12(16-4-2)9-13-8-11-6-5-7-14-10-11/h11-13H,3-10H2,1-2H3. The molecule has 96 valence electrons. The first-order valence-electron chi connectivity index (χ1n) is 6.38. The Morgan fingerprint density at radius 3 is 2.62 bits per heavy atom. The highest BCUT2D eigenvalue weighted by Crippen LogP contribution is 2.12. The third-order valence-electron chi connectivity index (χ3n) is 2.70. The van der Waals surface area contributed by atoms with E-state index >= 15 is 0 Å². The average molecular weight is 231 g/mol. The van der Waals surface area contributed by atoms with Gasteiger partial charge in [0, 0.05) is 32.9 Å². The fourth-order valence-corrected chi connectivity index (χ4v) is 1.91. The van der Waals surface area contributed by atoms with Crippen molar-refractivity contribution in [1.82, 2.24) is 5.32 Å². The highest BCUT2D eigenvalue weighted by molar-refractivity contribution is 4.66. The van der Waals surface area contributed by atoms with Gasteiger partial charge in [0.2, 0.25) is 0 Å². The molecule has 0 saturated carbocycles. The number of ether oxygens (including phenoxy) is 3. The van der Waals surface area contributed by atoms with Gasteiger partial charge in [-0.3, -0.25) is 0 Å². The van der Waals surface area contributed by atoms with Crippen molar-refractivity contribution in [1.29, 1.82) is 0 Å². The van der Waals surface area contributed by atoms with E-state index in [9.17, 15) is 0 Å². The molecular formula is C12H25NO3. The lowest BCUT2D eigenvalue weighted by atomic mass is 10.0. The molecule has 0 radical (unpaired) electrons. The Morgan fingerprint density at radius 1 is 1.31 bits per heavy atom. The Kier molecular flexibility index (Phi) is 7.76. The van der Waals surface area contributed by atoms with Gasteiger partial charge in [0.1, 0.15) is 0 Å². The minimum Gasteiger partial charge on any atom is -0.381 e. The molecule has 1 heterocycles. The normalized spacial score (nSPS) is 21.6. The second kappa shape index (κ2) is 8.93.